The highest BCUT2D eigenvalue weighted by atomic mass is 32.1. The standard InChI is InChI=1S/C28H36FN5O2S/c1-27(4-2-21(3-5-27)31-14-24(35)34-15-20(29)9-22(34)13-30)25(36)33-26-32-23(16-37-26)28-10-17-6-18(11-28)8-19(7-17)12-28/h2,16-20,22,31H,3-12,14-15H2,1H3,(H,32,33,36)/t17?,18?,19?,20-,22-,27?,28?/m0/s1. The van der Waals surface area contributed by atoms with E-state index >= 15 is 0 Å². The topological polar surface area (TPSA) is 98.1 Å². The van der Waals surface area contributed by atoms with Crippen molar-refractivity contribution in [2.75, 3.05) is 18.4 Å². The molecule has 0 spiro atoms. The number of hydrogen-bond acceptors (Lipinski definition) is 6. The number of likely N-dealkylation sites (tertiary alicyclic amines) is 1. The first-order chi connectivity index (χ1) is 17.7. The number of carbonyl (C=O) groups is 2. The fourth-order valence-electron chi connectivity index (χ4n) is 8.05. The molecule has 37 heavy (non-hydrogen) atoms. The maximum atomic E-state index is 13.6. The summed E-state index contributed by atoms with van der Waals surface area (Å²) in [4.78, 5) is 32.0. The van der Waals surface area contributed by atoms with E-state index in [9.17, 15) is 14.0 Å². The quantitative estimate of drug-likeness (QED) is 0.562. The number of nitriles is 1. The molecular formula is C28H36FN5O2S. The molecule has 1 aromatic heterocycles. The Morgan fingerprint density at radius 1 is 1.22 bits per heavy atom. The molecule has 3 atom stereocenters. The molecular weight excluding hydrogens is 489 g/mol. The van der Waals surface area contributed by atoms with E-state index in [0.29, 0.717) is 24.4 Å². The van der Waals surface area contributed by atoms with Gasteiger partial charge in [0.2, 0.25) is 11.8 Å². The highest BCUT2D eigenvalue weighted by Gasteiger charge is 2.52. The van der Waals surface area contributed by atoms with Crippen molar-refractivity contribution in [3.63, 3.8) is 0 Å². The van der Waals surface area contributed by atoms with Crippen molar-refractivity contribution in [3.05, 3.63) is 22.8 Å². The Labute approximate surface area is 221 Å². The van der Waals surface area contributed by atoms with Gasteiger partial charge in [-0.2, -0.15) is 5.26 Å². The average Bonchev–Trinajstić information content (AvgIpc) is 3.49. The number of thiazole rings is 1. The Hall–Kier alpha value is -2.47. The third-order valence-electron chi connectivity index (χ3n) is 9.79. The van der Waals surface area contributed by atoms with Gasteiger partial charge in [-0.15, -0.1) is 11.3 Å². The minimum Gasteiger partial charge on any atom is -0.380 e. The number of hydrogen-bond donors (Lipinski definition) is 2. The lowest BCUT2D eigenvalue weighted by Gasteiger charge is -2.56. The monoisotopic (exact) mass is 525 g/mol. The Balaban J connectivity index is 1.03. The molecule has 9 heteroatoms. The fraction of sp³-hybridized carbons (Fsp3) is 0.714. The summed E-state index contributed by atoms with van der Waals surface area (Å²) in [5.41, 5.74) is 1.81. The fourth-order valence-corrected chi connectivity index (χ4v) is 8.88. The van der Waals surface area contributed by atoms with E-state index < -0.39 is 17.6 Å². The van der Waals surface area contributed by atoms with E-state index in [1.807, 2.05) is 19.1 Å². The van der Waals surface area contributed by atoms with Crippen LogP contribution in [-0.4, -0.2) is 47.0 Å². The van der Waals surface area contributed by atoms with Crippen molar-refractivity contribution in [1.29, 1.82) is 5.26 Å². The van der Waals surface area contributed by atoms with Crippen LogP contribution in [0.4, 0.5) is 9.52 Å². The molecule has 2 N–H and O–H groups in total. The molecule has 5 aliphatic carbocycles. The van der Waals surface area contributed by atoms with Gasteiger partial charge in [0.1, 0.15) is 12.2 Å². The molecule has 7 nitrogen and oxygen atoms in total. The summed E-state index contributed by atoms with van der Waals surface area (Å²) in [7, 11) is 0. The van der Waals surface area contributed by atoms with Crippen molar-refractivity contribution in [1.82, 2.24) is 15.2 Å². The van der Waals surface area contributed by atoms with E-state index in [1.165, 1.54) is 49.1 Å². The van der Waals surface area contributed by atoms with Crippen LogP contribution in [0.1, 0.15) is 76.8 Å². The van der Waals surface area contributed by atoms with Gasteiger partial charge in [0, 0.05) is 22.9 Å². The van der Waals surface area contributed by atoms with E-state index in [-0.39, 0.29) is 36.7 Å². The summed E-state index contributed by atoms with van der Waals surface area (Å²) in [5, 5.41) is 18.3. The lowest BCUT2D eigenvalue weighted by molar-refractivity contribution is -0.130. The van der Waals surface area contributed by atoms with Crippen LogP contribution >= 0.6 is 11.3 Å². The number of halogens is 1. The molecule has 4 saturated carbocycles. The van der Waals surface area contributed by atoms with Crippen LogP contribution in [0.15, 0.2) is 17.2 Å². The van der Waals surface area contributed by atoms with Crippen LogP contribution in [0.25, 0.3) is 0 Å². The molecule has 1 aliphatic heterocycles. The zero-order valence-corrected chi connectivity index (χ0v) is 22.3. The Morgan fingerprint density at radius 2 is 1.92 bits per heavy atom. The summed E-state index contributed by atoms with van der Waals surface area (Å²) in [6, 6.07) is 1.33. The SMILES string of the molecule is CC1(C(=O)Nc2nc(C34CC5CC(CC(C5)C3)C4)cs2)CC=C(NCC(=O)N2C[C@@H](F)C[C@H]2C#N)CC1. The predicted molar refractivity (Wildman–Crippen MR) is 139 cm³/mol. The highest BCUT2D eigenvalue weighted by molar-refractivity contribution is 7.14. The van der Waals surface area contributed by atoms with Gasteiger partial charge in [0.25, 0.3) is 0 Å². The van der Waals surface area contributed by atoms with Crippen molar-refractivity contribution in [3.8, 4) is 6.07 Å². The number of nitrogens with zero attached hydrogens (tertiary/aromatic N) is 3. The molecule has 0 aromatic carbocycles. The van der Waals surface area contributed by atoms with E-state index in [4.69, 9.17) is 10.2 Å². The molecule has 5 fully saturated rings. The van der Waals surface area contributed by atoms with Crippen LogP contribution in [0, 0.1) is 34.5 Å². The molecule has 1 saturated heterocycles. The normalized spacial score (nSPS) is 38.2. The molecule has 0 radical (unpaired) electrons. The van der Waals surface area contributed by atoms with Crippen LogP contribution < -0.4 is 10.6 Å². The second-order valence-electron chi connectivity index (χ2n) is 12.6. The summed E-state index contributed by atoms with van der Waals surface area (Å²) < 4.78 is 13.6. The Bertz CT molecular complexity index is 1120. The lowest BCUT2D eigenvalue weighted by atomic mass is 9.49. The minimum absolute atomic E-state index is 0.00629. The van der Waals surface area contributed by atoms with Gasteiger partial charge in [-0.05, 0) is 75.5 Å². The third-order valence-corrected chi connectivity index (χ3v) is 10.5. The molecule has 4 bridgehead atoms. The first-order valence-corrected chi connectivity index (χ1v) is 14.7. The van der Waals surface area contributed by atoms with Crippen LogP contribution in [0.2, 0.25) is 0 Å². The minimum atomic E-state index is -1.14. The number of rotatable bonds is 6. The van der Waals surface area contributed by atoms with Gasteiger partial charge in [0.15, 0.2) is 5.13 Å². The summed E-state index contributed by atoms with van der Waals surface area (Å²) in [5.74, 6) is 2.31. The van der Waals surface area contributed by atoms with Crippen molar-refractivity contribution in [2.24, 2.45) is 23.2 Å². The summed E-state index contributed by atoms with van der Waals surface area (Å²) in [6.07, 6.45) is 10.8. The van der Waals surface area contributed by atoms with Crippen molar-refractivity contribution >= 4 is 28.3 Å². The molecule has 7 rings (SSSR count). The van der Waals surface area contributed by atoms with Crippen molar-refractivity contribution < 1.29 is 14.0 Å². The predicted octanol–water partition coefficient (Wildman–Crippen LogP) is 4.68. The first kappa shape index (κ1) is 24.8. The smallest absolute Gasteiger partial charge is 0.243 e. The number of aromatic nitrogens is 1. The van der Waals surface area contributed by atoms with E-state index in [2.05, 4.69) is 16.0 Å². The number of alkyl halides is 1. The lowest BCUT2D eigenvalue weighted by Crippen LogP contribution is -2.48. The molecule has 1 unspecified atom stereocenters. The average molecular weight is 526 g/mol. The third kappa shape index (κ3) is 4.67. The largest absolute Gasteiger partial charge is 0.380 e. The first-order valence-electron chi connectivity index (χ1n) is 13.8. The number of carbonyl (C=O) groups excluding carboxylic acids is 2. The van der Waals surface area contributed by atoms with E-state index in [1.54, 1.807) is 11.3 Å². The molecule has 2 heterocycles. The number of anilines is 1. The number of nitrogens with one attached hydrogen (secondary N) is 2. The Morgan fingerprint density at radius 3 is 2.54 bits per heavy atom. The van der Waals surface area contributed by atoms with E-state index in [0.717, 1.165) is 23.5 Å². The highest BCUT2D eigenvalue weighted by Crippen LogP contribution is 2.60. The van der Waals surface area contributed by atoms with Crippen LogP contribution in [0.5, 0.6) is 0 Å². The molecule has 2 amide bonds. The maximum Gasteiger partial charge on any atom is 0.243 e. The zero-order valence-electron chi connectivity index (χ0n) is 21.5. The second-order valence-corrected chi connectivity index (χ2v) is 13.4. The number of allylic oxidation sites excluding steroid dienone is 2. The van der Waals surface area contributed by atoms with Gasteiger partial charge in [-0.3, -0.25) is 9.59 Å². The van der Waals surface area contributed by atoms with Gasteiger partial charge in [-0.1, -0.05) is 13.0 Å². The molecule has 6 aliphatic rings. The van der Waals surface area contributed by atoms with Gasteiger partial charge in [0.05, 0.1) is 30.3 Å². The number of amides is 2. The van der Waals surface area contributed by atoms with Gasteiger partial charge >= 0.3 is 0 Å². The summed E-state index contributed by atoms with van der Waals surface area (Å²) >= 11 is 1.55. The van der Waals surface area contributed by atoms with Gasteiger partial charge < -0.3 is 15.5 Å². The molecule has 1 aromatic rings. The summed E-state index contributed by atoms with van der Waals surface area (Å²) in [6.45, 7) is 2.00. The second kappa shape index (κ2) is 9.37. The zero-order chi connectivity index (χ0) is 25.8. The molecule has 198 valence electrons. The maximum absolute atomic E-state index is 13.6. The van der Waals surface area contributed by atoms with Crippen LogP contribution in [-0.2, 0) is 15.0 Å². The Kier molecular flexibility index (Phi) is 6.29. The van der Waals surface area contributed by atoms with Crippen LogP contribution in [0.3, 0.4) is 0 Å². The van der Waals surface area contributed by atoms with Gasteiger partial charge in [-0.25, -0.2) is 9.37 Å². The van der Waals surface area contributed by atoms with Crippen molar-refractivity contribution in [2.45, 2.75) is 88.8 Å².